The second kappa shape index (κ2) is 3.37. The molecule has 1 spiro atoms. The Morgan fingerprint density at radius 2 is 1.77 bits per heavy atom. The van der Waals surface area contributed by atoms with E-state index in [-0.39, 0.29) is 13.0 Å². The Labute approximate surface area is 127 Å². The van der Waals surface area contributed by atoms with Crippen LogP contribution in [0, 0.1) is 10.8 Å². The van der Waals surface area contributed by atoms with Crippen molar-refractivity contribution in [3.63, 3.8) is 0 Å². The number of esters is 1. The predicted octanol–water partition coefficient (Wildman–Crippen LogP) is -0.946. The molecule has 3 heterocycles. The lowest BCUT2D eigenvalue weighted by molar-refractivity contribution is -0.261. The van der Waals surface area contributed by atoms with Crippen molar-refractivity contribution in [2.75, 3.05) is 6.61 Å². The van der Waals surface area contributed by atoms with Gasteiger partial charge in [0.15, 0.2) is 11.9 Å². The third kappa shape index (κ3) is 1.02. The summed E-state index contributed by atoms with van der Waals surface area (Å²) in [7, 11) is 0. The molecule has 0 aromatic rings. The molecular formula is C15H22O7. The monoisotopic (exact) mass is 314 g/mol. The van der Waals surface area contributed by atoms with Crippen molar-refractivity contribution in [2.24, 2.45) is 10.8 Å². The number of rotatable bonds is 0. The van der Waals surface area contributed by atoms with E-state index in [2.05, 4.69) is 0 Å². The molecule has 0 aromatic heterocycles. The van der Waals surface area contributed by atoms with Crippen LogP contribution >= 0.6 is 0 Å². The highest BCUT2D eigenvalue weighted by molar-refractivity contribution is 5.77. The molecule has 124 valence electrons. The highest BCUT2D eigenvalue weighted by Gasteiger charge is 2.93. The fourth-order valence-electron chi connectivity index (χ4n) is 5.82. The van der Waals surface area contributed by atoms with Gasteiger partial charge in [-0.05, 0) is 26.7 Å². The first-order chi connectivity index (χ1) is 9.91. The number of hydrogen-bond donors (Lipinski definition) is 4. The fraction of sp³-hybridized carbons (Fsp3) is 0.933. The Balaban J connectivity index is 2.08. The lowest BCUT2D eigenvalue weighted by Crippen LogP contribution is -2.72. The van der Waals surface area contributed by atoms with Crippen LogP contribution in [0.1, 0.15) is 40.0 Å². The van der Waals surface area contributed by atoms with E-state index < -0.39 is 45.5 Å². The van der Waals surface area contributed by atoms with Crippen LogP contribution in [-0.4, -0.2) is 61.7 Å². The Morgan fingerprint density at radius 1 is 1.14 bits per heavy atom. The van der Waals surface area contributed by atoms with E-state index in [0.29, 0.717) is 12.8 Å². The van der Waals surface area contributed by atoms with Gasteiger partial charge in [0.1, 0.15) is 12.2 Å². The highest BCUT2D eigenvalue weighted by Crippen LogP contribution is 2.79. The van der Waals surface area contributed by atoms with Crippen molar-refractivity contribution in [3.8, 4) is 0 Å². The number of hydrogen-bond acceptors (Lipinski definition) is 7. The lowest BCUT2D eigenvalue weighted by Gasteiger charge is -2.56. The summed E-state index contributed by atoms with van der Waals surface area (Å²) in [6.07, 6.45) is -1.20. The van der Waals surface area contributed by atoms with Crippen molar-refractivity contribution in [2.45, 2.75) is 68.7 Å². The molecule has 22 heavy (non-hydrogen) atoms. The number of carbonyl (C=O) groups is 1. The fourth-order valence-corrected chi connectivity index (χ4v) is 5.82. The largest absolute Gasteiger partial charge is 0.463 e. The summed E-state index contributed by atoms with van der Waals surface area (Å²) in [4.78, 5) is 12.2. The van der Waals surface area contributed by atoms with Crippen molar-refractivity contribution < 1.29 is 34.7 Å². The van der Waals surface area contributed by atoms with E-state index in [0.717, 1.165) is 0 Å². The maximum atomic E-state index is 12.2. The van der Waals surface area contributed by atoms with E-state index >= 15 is 0 Å². The molecule has 3 saturated heterocycles. The van der Waals surface area contributed by atoms with Crippen molar-refractivity contribution in [1.82, 2.24) is 0 Å². The summed E-state index contributed by atoms with van der Waals surface area (Å²) in [6, 6.07) is 0. The molecule has 0 amide bonds. The van der Waals surface area contributed by atoms with Crippen molar-refractivity contribution in [3.05, 3.63) is 0 Å². The van der Waals surface area contributed by atoms with Crippen LogP contribution in [0.3, 0.4) is 0 Å². The number of cyclic esters (lactones) is 1. The van der Waals surface area contributed by atoms with Crippen molar-refractivity contribution in [1.29, 1.82) is 0 Å². The molecule has 0 radical (unpaired) electrons. The SMILES string of the molecule is C[C@@]1(O)[C@@]2(C)COC(=O)[C@H](O)[C@@]34C[C@]1(O)O[C@@]23CC[C@]4(C)O. The van der Waals surface area contributed by atoms with Gasteiger partial charge >= 0.3 is 5.97 Å². The highest BCUT2D eigenvalue weighted by atomic mass is 16.7. The zero-order valence-electron chi connectivity index (χ0n) is 12.9. The Bertz CT molecular complexity index is 586. The van der Waals surface area contributed by atoms with Crippen LogP contribution in [0.4, 0.5) is 0 Å². The van der Waals surface area contributed by atoms with E-state index in [9.17, 15) is 25.2 Å². The number of fused-ring (bicyclic) bond motifs is 1. The summed E-state index contributed by atoms with van der Waals surface area (Å²) < 4.78 is 11.1. The van der Waals surface area contributed by atoms with Gasteiger partial charge in [0, 0.05) is 6.42 Å². The second-order valence-corrected chi connectivity index (χ2v) is 8.05. The molecule has 7 nitrogen and oxygen atoms in total. The predicted molar refractivity (Wildman–Crippen MR) is 71.4 cm³/mol. The molecule has 2 bridgehead atoms. The Kier molecular flexibility index (Phi) is 2.27. The van der Waals surface area contributed by atoms with Gasteiger partial charge in [-0.3, -0.25) is 0 Å². The van der Waals surface area contributed by atoms with Crippen LogP contribution in [0.5, 0.6) is 0 Å². The summed E-state index contributed by atoms with van der Waals surface area (Å²) >= 11 is 0. The first kappa shape index (κ1) is 14.8. The zero-order chi connectivity index (χ0) is 16.4. The van der Waals surface area contributed by atoms with Crippen LogP contribution in [-0.2, 0) is 14.3 Å². The molecule has 4 rings (SSSR count). The van der Waals surface area contributed by atoms with Crippen LogP contribution in [0.15, 0.2) is 0 Å². The minimum atomic E-state index is -1.94. The topological polar surface area (TPSA) is 116 Å². The Morgan fingerprint density at radius 3 is 2.41 bits per heavy atom. The quantitative estimate of drug-likeness (QED) is 0.426. The van der Waals surface area contributed by atoms with Crippen LogP contribution in [0.25, 0.3) is 0 Å². The molecule has 7 atom stereocenters. The molecule has 4 fully saturated rings. The van der Waals surface area contributed by atoms with Gasteiger partial charge in [-0.15, -0.1) is 0 Å². The average molecular weight is 314 g/mol. The molecule has 0 aromatic carbocycles. The summed E-state index contributed by atoms with van der Waals surface area (Å²) in [5.74, 6) is -2.79. The van der Waals surface area contributed by atoms with E-state index in [1.54, 1.807) is 13.8 Å². The first-order valence-electron chi connectivity index (χ1n) is 7.63. The van der Waals surface area contributed by atoms with Gasteiger partial charge in [0.05, 0.1) is 22.0 Å². The Hall–Kier alpha value is -0.730. The lowest BCUT2D eigenvalue weighted by atomic mass is 9.46. The van der Waals surface area contributed by atoms with Gasteiger partial charge in [0.25, 0.3) is 0 Å². The first-order valence-corrected chi connectivity index (χ1v) is 7.63. The molecule has 1 saturated carbocycles. The molecule has 3 aliphatic heterocycles. The average Bonchev–Trinajstić information content (AvgIpc) is 2.86. The van der Waals surface area contributed by atoms with Gasteiger partial charge in [-0.25, -0.2) is 4.79 Å². The summed E-state index contributed by atoms with van der Waals surface area (Å²) in [5, 5.41) is 43.5. The second-order valence-electron chi connectivity index (χ2n) is 8.05. The van der Waals surface area contributed by atoms with Gasteiger partial charge < -0.3 is 29.9 Å². The molecule has 4 N–H and O–H groups in total. The molecular weight excluding hydrogens is 292 g/mol. The number of ether oxygens (including phenoxy) is 2. The summed E-state index contributed by atoms with van der Waals surface area (Å²) in [6.45, 7) is 4.51. The zero-order valence-corrected chi connectivity index (χ0v) is 12.9. The minimum Gasteiger partial charge on any atom is -0.463 e. The number of aliphatic hydroxyl groups excluding tert-OH is 1. The third-order valence-corrected chi connectivity index (χ3v) is 7.43. The van der Waals surface area contributed by atoms with Gasteiger partial charge in [0.2, 0.25) is 0 Å². The van der Waals surface area contributed by atoms with Gasteiger partial charge in [-0.2, -0.15) is 0 Å². The normalized spacial score (nSPS) is 66.1. The molecule has 4 aliphatic rings. The maximum absolute atomic E-state index is 12.2. The van der Waals surface area contributed by atoms with E-state index in [4.69, 9.17) is 9.47 Å². The number of aliphatic hydroxyl groups is 4. The molecule has 1 aliphatic carbocycles. The standard InChI is InChI=1S/C15H22O7/c1-10-7-21-9(17)8(16)13-6-15(20,12(10,3)19)22-14(10,13)5-4-11(13,2)18/h8,16,18-20H,4-7H2,1-3H3/t8-,10+,11-,12+,13+,14-,15-/m0/s1. The third-order valence-electron chi connectivity index (χ3n) is 7.43. The van der Waals surface area contributed by atoms with E-state index in [1.165, 1.54) is 6.92 Å². The van der Waals surface area contributed by atoms with Crippen LogP contribution < -0.4 is 0 Å². The van der Waals surface area contributed by atoms with Crippen molar-refractivity contribution >= 4 is 5.97 Å². The maximum Gasteiger partial charge on any atom is 0.335 e. The van der Waals surface area contributed by atoms with Crippen LogP contribution in [0.2, 0.25) is 0 Å². The molecule has 0 unspecified atom stereocenters. The minimum absolute atomic E-state index is 0.184. The van der Waals surface area contributed by atoms with Gasteiger partial charge in [-0.1, -0.05) is 6.92 Å². The van der Waals surface area contributed by atoms with E-state index in [1.807, 2.05) is 0 Å². The summed E-state index contributed by atoms with van der Waals surface area (Å²) in [5.41, 5.74) is -6.86. The smallest absolute Gasteiger partial charge is 0.335 e. The number of carbonyl (C=O) groups excluding carboxylic acids is 1. The molecule has 7 heteroatoms.